The Balaban J connectivity index is 3.94. The third kappa shape index (κ3) is 7.39. The fourth-order valence-corrected chi connectivity index (χ4v) is 0.999. The van der Waals surface area contributed by atoms with E-state index < -0.39 is 0 Å². The van der Waals surface area contributed by atoms with Gasteiger partial charge in [0.2, 0.25) is 0 Å². The van der Waals surface area contributed by atoms with E-state index in [0.717, 1.165) is 18.5 Å². The first-order chi connectivity index (χ1) is 5.45. The minimum absolute atomic E-state index is 0.292. The molecule has 0 amide bonds. The molecule has 12 heavy (non-hydrogen) atoms. The summed E-state index contributed by atoms with van der Waals surface area (Å²) in [7, 11) is 0. The highest BCUT2D eigenvalue weighted by Gasteiger charge is 2.10. The number of nitrogens with two attached hydrogens (primary N) is 1. The van der Waals surface area contributed by atoms with Crippen LogP contribution in [0.15, 0.2) is 23.9 Å². The highest BCUT2D eigenvalue weighted by Crippen LogP contribution is 2.21. The molecule has 0 fully saturated rings. The molecule has 0 heterocycles. The highest BCUT2D eigenvalue weighted by atomic mass is 14.6. The van der Waals surface area contributed by atoms with Crippen LogP contribution < -0.4 is 5.73 Å². The van der Waals surface area contributed by atoms with Crippen molar-refractivity contribution >= 4 is 0 Å². The van der Waals surface area contributed by atoms with Crippen molar-refractivity contribution in [3.63, 3.8) is 0 Å². The lowest BCUT2D eigenvalue weighted by molar-refractivity contribution is 0.408. The van der Waals surface area contributed by atoms with Gasteiger partial charge in [-0.1, -0.05) is 39.8 Å². The Hall–Kier alpha value is -0.720. The fraction of sp³-hybridized carbons (Fsp3) is 0.636. The molecule has 0 aliphatic heterocycles. The molecule has 0 aromatic carbocycles. The molecule has 1 heteroatoms. The van der Waals surface area contributed by atoms with Crippen LogP contribution in [0.1, 0.15) is 40.5 Å². The van der Waals surface area contributed by atoms with Crippen molar-refractivity contribution in [2.75, 3.05) is 0 Å². The summed E-state index contributed by atoms with van der Waals surface area (Å²) in [6.45, 7) is 8.69. The van der Waals surface area contributed by atoms with Gasteiger partial charge in [0.15, 0.2) is 0 Å². The van der Waals surface area contributed by atoms with E-state index in [4.69, 9.17) is 5.73 Å². The Morgan fingerprint density at radius 1 is 1.33 bits per heavy atom. The SMILES string of the molecule is CC/C=C\C=C(\N)CC(C)(C)C. The van der Waals surface area contributed by atoms with Gasteiger partial charge in [-0.25, -0.2) is 0 Å². The Bertz CT molecular complexity index is 170. The Labute approximate surface area is 76.3 Å². The topological polar surface area (TPSA) is 26.0 Å². The number of allylic oxidation sites excluding steroid dienone is 4. The van der Waals surface area contributed by atoms with Gasteiger partial charge in [0.25, 0.3) is 0 Å². The second-order valence-electron chi connectivity index (χ2n) is 4.32. The van der Waals surface area contributed by atoms with Crippen molar-refractivity contribution in [3.05, 3.63) is 23.9 Å². The molecule has 0 atom stereocenters. The van der Waals surface area contributed by atoms with E-state index >= 15 is 0 Å². The van der Waals surface area contributed by atoms with Crippen molar-refractivity contribution in [3.8, 4) is 0 Å². The van der Waals surface area contributed by atoms with Gasteiger partial charge in [0.1, 0.15) is 0 Å². The Morgan fingerprint density at radius 2 is 1.92 bits per heavy atom. The van der Waals surface area contributed by atoms with Crippen LogP contribution in [-0.2, 0) is 0 Å². The summed E-state index contributed by atoms with van der Waals surface area (Å²) in [5, 5.41) is 0. The van der Waals surface area contributed by atoms with Crippen molar-refractivity contribution in [1.29, 1.82) is 0 Å². The molecule has 0 radical (unpaired) electrons. The van der Waals surface area contributed by atoms with Crippen molar-refractivity contribution < 1.29 is 0 Å². The summed E-state index contributed by atoms with van der Waals surface area (Å²) >= 11 is 0. The third-order valence-corrected chi connectivity index (χ3v) is 1.42. The summed E-state index contributed by atoms with van der Waals surface area (Å²) in [5.41, 5.74) is 7.07. The first-order valence-corrected chi connectivity index (χ1v) is 4.57. The maximum Gasteiger partial charge on any atom is 0.00856 e. The molecule has 0 aromatic heterocycles. The Kier molecular flexibility index (Phi) is 4.72. The standard InChI is InChI=1S/C11H21N/c1-5-6-7-8-10(12)9-11(2,3)4/h6-8H,5,9,12H2,1-4H3/b7-6-,10-8+. The van der Waals surface area contributed by atoms with Gasteiger partial charge < -0.3 is 5.73 Å². The summed E-state index contributed by atoms with van der Waals surface area (Å²) in [5.74, 6) is 0. The van der Waals surface area contributed by atoms with Crippen molar-refractivity contribution in [1.82, 2.24) is 0 Å². The molecule has 0 aliphatic carbocycles. The molecule has 70 valence electrons. The molecule has 0 bridgehead atoms. The predicted molar refractivity (Wildman–Crippen MR) is 55.8 cm³/mol. The van der Waals surface area contributed by atoms with E-state index in [1.807, 2.05) is 12.2 Å². The number of hydrogen-bond donors (Lipinski definition) is 1. The van der Waals surface area contributed by atoms with Crippen LogP contribution in [0.5, 0.6) is 0 Å². The fourth-order valence-electron chi connectivity index (χ4n) is 0.999. The average molecular weight is 167 g/mol. The number of hydrogen-bond acceptors (Lipinski definition) is 1. The van der Waals surface area contributed by atoms with E-state index in [0.29, 0.717) is 5.41 Å². The maximum atomic E-state index is 5.81. The zero-order valence-corrected chi connectivity index (χ0v) is 8.72. The van der Waals surface area contributed by atoms with Crippen molar-refractivity contribution in [2.45, 2.75) is 40.5 Å². The molecule has 0 saturated heterocycles. The molecule has 0 aliphatic rings. The molecule has 0 saturated carbocycles. The normalized spacial score (nSPS) is 14.2. The second kappa shape index (κ2) is 5.02. The minimum Gasteiger partial charge on any atom is -0.402 e. The van der Waals surface area contributed by atoms with Gasteiger partial charge in [-0.3, -0.25) is 0 Å². The largest absolute Gasteiger partial charge is 0.402 e. The molecule has 0 rings (SSSR count). The quantitative estimate of drug-likeness (QED) is 0.642. The van der Waals surface area contributed by atoms with Crippen LogP contribution in [0.3, 0.4) is 0 Å². The van der Waals surface area contributed by atoms with Gasteiger partial charge in [0.05, 0.1) is 0 Å². The summed E-state index contributed by atoms with van der Waals surface area (Å²) in [6, 6.07) is 0. The van der Waals surface area contributed by atoms with Gasteiger partial charge in [-0.2, -0.15) is 0 Å². The van der Waals surface area contributed by atoms with E-state index in [-0.39, 0.29) is 0 Å². The minimum atomic E-state index is 0.292. The van der Waals surface area contributed by atoms with E-state index in [1.54, 1.807) is 0 Å². The predicted octanol–water partition coefficient (Wildman–Crippen LogP) is 3.23. The lowest BCUT2D eigenvalue weighted by atomic mass is 9.90. The molecular weight excluding hydrogens is 146 g/mol. The molecular formula is C11H21N. The van der Waals surface area contributed by atoms with Crippen LogP contribution >= 0.6 is 0 Å². The second-order valence-corrected chi connectivity index (χ2v) is 4.32. The Morgan fingerprint density at radius 3 is 2.33 bits per heavy atom. The summed E-state index contributed by atoms with van der Waals surface area (Å²) < 4.78 is 0. The van der Waals surface area contributed by atoms with Crippen molar-refractivity contribution in [2.24, 2.45) is 11.1 Å². The molecule has 1 nitrogen and oxygen atoms in total. The summed E-state index contributed by atoms with van der Waals surface area (Å²) in [4.78, 5) is 0. The lowest BCUT2D eigenvalue weighted by Gasteiger charge is -2.17. The first kappa shape index (κ1) is 11.3. The average Bonchev–Trinajstić information content (AvgIpc) is 1.84. The zero-order valence-electron chi connectivity index (χ0n) is 8.72. The van der Waals surface area contributed by atoms with Gasteiger partial charge in [0, 0.05) is 5.70 Å². The smallest absolute Gasteiger partial charge is 0.00856 e. The van der Waals surface area contributed by atoms with E-state index in [1.165, 1.54) is 0 Å². The highest BCUT2D eigenvalue weighted by molar-refractivity contribution is 5.10. The molecule has 0 aromatic rings. The van der Waals surface area contributed by atoms with E-state index in [9.17, 15) is 0 Å². The first-order valence-electron chi connectivity index (χ1n) is 4.57. The van der Waals surface area contributed by atoms with Gasteiger partial charge >= 0.3 is 0 Å². The number of rotatable bonds is 3. The van der Waals surface area contributed by atoms with Gasteiger partial charge in [-0.15, -0.1) is 0 Å². The van der Waals surface area contributed by atoms with Crippen LogP contribution in [0, 0.1) is 5.41 Å². The summed E-state index contributed by atoms with van der Waals surface area (Å²) in [6.07, 6.45) is 8.16. The van der Waals surface area contributed by atoms with Crippen LogP contribution in [0.2, 0.25) is 0 Å². The molecule has 0 spiro atoms. The lowest BCUT2D eigenvalue weighted by Crippen LogP contribution is -2.10. The maximum absolute atomic E-state index is 5.81. The van der Waals surface area contributed by atoms with Crippen LogP contribution in [-0.4, -0.2) is 0 Å². The van der Waals surface area contributed by atoms with Gasteiger partial charge in [-0.05, 0) is 24.3 Å². The van der Waals surface area contributed by atoms with Crippen LogP contribution in [0.4, 0.5) is 0 Å². The molecule has 2 N–H and O–H groups in total. The van der Waals surface area contributed by atoms with E-state index in [2.05, 4.69) is 33.8 Å². The third-order valence-electron chi connectivity index (χ3n) is 1.42. The monoisotopic (exact) mass is 167 g/mol. The zero-order chi connectivity index (χ0) is 9.61. The molecule has 0 unspecified atom stereocenters. The van der Waals surface area contributed by atoms with Crippen LogP contribution in [0.25, 0.3) is 0 Å².